The highest BCUT2D eigenvalue weighted by atomic mass is 35.5. The molecule has 2 N–H and O–H groups in total. The number of rotatable bonds is 7. The molecule has 2 fully saturated rings. The molecule has 0 aromatic heterocycles. The zero-order valence-corrected chi connectivity index (χ0v) is 17.1. The van der Waals surface area contributed by atoms with Crippen LogP contribution in [-0.2, 0) is 9.59 Å². The number of hydrogen-bond donors (Lipinski definition) is 2. The monoisotopic (exact) mass is 427 g/mol. The average molecular weight is 428 g/mol. The number of carbonyl (C=O) groups excluding carboxylic acids is 3. The fourth-order valence-corrected chi connectivity index (χ4v) is 3.94. The maximum absolute atomic E-state index is 12.6. The highest BCUT2D eigenvalue weighted by molar-refractivity contribution is 6.42. The van der Waals surface area contributed by atoms with E-state index in [-0.39, 0.29) is 29.4 Å². The molecule has 1 aliphatic carbocycles. The molecule has 152 valence electrons. The standard InChI is InChI=1S/C19H23Cl2N3O4/c1-12(28-14-7-4-6-13(20)15(14)21)16(25)22-10-5-11-24-17(26)19(23-18(24)27)8-2-3-9-19/h4,6-7,12H,2-3,5,8-11H2,1H3,(H,22,25)(H,23,27)/t12-/m1/s1. The van der Waals surface area contributed by atoms with E-state index in [0.717, 1.165) is 12.8 Å². The van der Waals surface area contributed by atoms with Crippen molar-refractivity contribution in [2.24, 2.45) is 0 Å². The summed E-state index contributed by atoms with van der Waals surface area (Å²) in [4.78, 5) is 38.1. The maximum atomic E-state index is 12.6. The molecule has 0 bridgehead atoms. The smallest absolute Gasteiger partial charge is 0.325 e. The fraction of sp³-hybridized carbons (Fsp3) is 0.526. The van der Waals surface area contributed by atoms with Crippen molar-refractivity contribution in [2.45, 2.75) is 50.7 Å². The molecule has 3 rings (SSSR count). The van der Waals surface area contributed by atoms with Gasteiger partial charge >= 0.3 is 6.03 Å². The molecule has 4 amide bonds. The quantitative estimate of drug-likeness (QED) is 0.516. The summed E-state index contributed by atoms with van der Waals surface area (Å²) in [6.45, 7) is 2.19. The number of ether oxygens (including phenoxy) is 1. The first kappa shape index (κ1) is 20.7. The SMILES string of the molecule is C[C@@H](Oc1cccc(Cl)c1Cl)C(=O)NCCCN1C(=O)NC2(CCCC2)C1=O. The fourth-order valence-electron chi connectivity index (χ4n) is 3.61. The number of nitrogens with zero attached hydrogens (tertiary/aromatic N) is 1. The maximum Gasteiger partial charge on any atom is 0.325 e. The van der Waals surface area contributed by atoms with E-state index in [9.17, 15) is 14.4 Å². The highest BCUT2D eigenvalue weighted by Gasteiger charge is 2.51. The molecule has 1 spiro atoms. The van der Waals surface area contributed by atoms with E-state index in [1.165, 1.54) is 4.90 Å². The van der Waals surface area contributed by atoms with Crippen LogP contribution in [-0.4, -0.2) is 47.5 Å². The molecular weight excluding hydrogens is 405 g/mol. The number of halogens is 2. The highest BCUT2D eigenvalue weighted by Crippen LogP contribution is 2.35. The number of nitrogens with one attached hydrogen (secondary N) is 2. The van der Waals surface area contributed by atoms with E-state index < -0.39 is 11.6 Å². The number of carbonyl (C=O) groups is 3. The van der Waals surface area contributed by atoms with Crippen molar-refractivity contribution in [1.29, 1.82) is 0 Å². The normalized spacial score (nSPS) is 19.0. The molecule has 1 saturated heterocycles. The molecule has 0 unspecified atom stereocenters. The third-order valence-corrected chi connectivity index (χ3v) is 5.95. The van der Waals surface area contributed by atoms with Gasteiger partial charge in [0.1, 0.15) is 16.3 Å². The van der Waals surface area contributed by atoms with Crippen LogP contribution in [0, 0.1) is 0 Å². The molecule has 1 saturated carbocycles. The molecule has 28 heavy (non-hydrogen) atoms. The Morgan fingerprint density at radius 1 is 1.32 bits per heavy atom. The molecular formula is C19H23Cl2N3O4. The van der Waals surface area contributed by atoms with Crippen LogP contribution in [0.3, 0.4) is 0 Å². The Morgan fingerprint density at radius 3 is 2.75 bits per heavy atom. The third kappa shape index (κ3) is 4.20. The van der Waals surface area contributed by atoms with Gasteiger partial charge in [0.15, 0.2) is 6.10 Å². The van der Waals surface area contributed by atoms with E-state index in [1.54, 1.807) is 25.1 Å². The van der Waals surface area contributed by atoms with Gasteiger partial charge in [-0.05, 0) is 38.3 Å². The Labute approximate surface area is 173 Å². The predicted molar refractivity (Wildman–Crippen MR) is 106 cm³/mol. The number of imide groups is 1. The van der Waals surface area contributed by atoms with Crippen molar-refractivity contribution in [3.8, 4) is 5.75 Å². The van der Waals surface area contributed by atoms with Crippen LogP contribution in [0.1, 0.15) is 39.0 Å². The lowest BCUT2D eigenvalue weighted by molar-refractivity contribution is -0.131. The van der Waals surface area contributed by atoms with Gasteiger partial charge in [-0.15, -0.1) is 0 Å². The van der Waals surface area contributed by atoms with Crippen molar-refractivity contribution in [1.82, 2.24) is 15.5 Å². The Morgan fingerprint density at radius 2 is 2.04 bits per heavy atom. The second kappa shape index (κ2) is 8.57. The Balaban J connectivity index is 1.43. The van der Waals surface area contributed by atoms with Gasteiger partial charge in [0.2, 0.25) is 0 Å². The Hall–Kier alpha value is -1.99. The van der Waals surface area contributed by atoms with Crippen molar-refractivity contribution >= 4 is 41.0 Å². The van der Waals surface area contributed by atoms with Crippen molar-refractivity contribution < 1.29 is 19.1 Å². The molecule has 1 atom stereocenters. The number of amides is 4. The minimum Gasteiger partial charge on any atom is -0.479 e. The van der Waals surface area contributed by atoms with Gasteiger partial charge in [-0.1, -0.05) is 42.1 Å². The van der Waals surface area contributed by atoms with Crippen LogP contribution < -0.4 is 15.4 Å². The Bertz CT molecular complexity index is 780. The van der Waals surface area contributed by atoms with Crippen LogP contribution in [0.5, 0.6) is 5.75 Å². The predicted octanol–water partition coefficient (Wildman–Crippen LogP) is 3.13. The van der Waals surface area contributed by atoms with Gasteiger partial charge in [-0.25, -0.2) is 4.79 Å². The van der Waals surface area contributed by atoms with E-state index in [0.29, 0.717) is 36.6 Å². The topological polar surface area (TPSA) is 87.7 Å². The van der Waals surface area contributed by atoms with Gasteiger partial charge in [0, 0.05) is 13.1 Å². The lowest BCUT2D eigenvalue weighted by Gasteiger charge is -2.20. The minimum absolute atomic E-state index is 0.145. The first-order valence-corrected chi connectivity index (χ1v) is 10.1. The van der Waals surface area contributed by atoms with Crippen LogP contribution >= 0.6 is 23.2 Å². The molecule has 7 nitrogen and oxygen atoms in total. The molecule has 1 heterocycles. The average Bonchev–Trinajstić information content (AvgIpc) is 3.22. The summed E-state index contributed by atoms with van der Waals surface area (Å²) in [5, 5.41) is 6.18. The lowest BCUT2D eigenvalue weighted by Crippen LogP contribution is -2.44. The van der Waals surface area contributed by atoms with Gasteiger partial charge in [-0.3, -0.25) is 14.5 Å². The van der Waals surface area contributed by atoms with Crippen LogP contribution in [0.15, 0.2) is 18.2 Å². The molecule has 9 heteroatoms. The zero-order chi connectivity index (χ0) is 20.3. The molecule has 2 aliphatic rings. The van der Waals surface area contributed by atoms with Crippen LogP contribution in [0.2, 0.25) is 10.0 Å². The first-order valence-electron chi connectivity index (χ1n) is 9.36. The number of hydrogen-bond acceptors (Lipinski definition) is 4. The summed E-state index contributed by atoms with van der Waals surface area (Å²) in [5.41, 5.74) is -0.696. The number of benzene rings is 1. The van der Waals surface area contributed by atoms with Crippen molar-refractivity contribution in [3.63, 3.8) is 0 Å². The Kier molecular flexibility index (Phi) is 6.35. The second-order valence-electron chi connectivity index (χ2n) is 7.13. The summed E-state index contributed by atoms with van der Waals surface area (Å²) < 4.78 is 5.56. The first-order chi connectivity index (χ1) is 13.3. The zero-order valence-electron chi connectivity index (χ0n) is 15.6. The lowest BCUT2D eigenvalue weighted by atomic mass is 9.98. The van der Waals surface area contributed by atoms with E-state index in [4.69, 9.17) is 27.9 Å². The molecule has 1 aromatic carbocycles. The van der Waals surface area contributed by atoms with Crippen LogP contribution in [0.4, 0.5) is 4.79 Å². The van der Waals surface area contributed by atoms with Gasteiger partial charge in [0.25, 0.3) is 11.8 Å². The van der Waals surface area contributed by atoms with Crippen LogP contribution in [0.25, 0.3) is 0 Å². The van der Waals surface area contributed by atoms with Gasteiger partial charge in [-0.2, -0.15) is 0 Å². The number of urea groups is 1. The van der Waals surface area contributed by atoms with Crippen molar-refractivity contribution in [2.75, 3.05) is 13.1 Å². The largest absolute Gasteiger partial charge is 0.479 e. The van der Waals surface area contributed by atoms with Gasteiger partial charge < -0.3 is 15.4 Å². The minimum atomic E-state index is -0.769. The summed E-state index contributed by atoms with van der Waals surface area (Å²) in [6.07, 6.45) is 2.99. The summed E-state index contributed by atoms with van der Waals surface area (Å²) in [6, 6.07) is 4.61. The summed E-state index contributed by atoms with van der Waals surface area (Å²) in [5.74, 6) is -0.132. The summed E-state index contributed by atoms with van der Waals surface area (Å²) >= 11 is 12.0. The van der Waals surface area contributed by atoms with E-state index in [2.05, 4.69) is 10.6 Å². The second-order valence-corrected chi connectivity index (χ2v) is 7.92. The van der Waals surface area contributed by atoms with Gasteiger partial charge in [0.05, 0.1) is 5.02 Å². The van der Waals surface area contributed by atoms with Crippen molar-refractivity contribution in [3.05, 3.63) is 28.2 Å². The molecule has 1 aliphatic heterocycles. The summed E-state index contributed by atoms with van der Waals surface area (Å²) in [7, 11) is 0. The van der Waals surface area contributed by atoms with E-state index >= 15 is 0 Å². The molecule has 0 radical (unpaired) electrons. The third-order valence-electron chi connectivity index (χ3n) is 5.15. The van der Waals surface area contributed by atoms with E-state index in [1.807, 2.05) is 0 Å². The molecule has 1 aromatic rings.